The minimum atomic E-state index is -0.558. The van der Waals surface area contributed by atoms with E-state index in [0.717, 1.165) is 5.56 Å². The zero-order chi connectivity index (χ0) is 20.0. The maximum Gasteiger partial charge on any atom is 0.253 e. The molecule has 2 aromatic rings. The molecule has 0 aromatic heterocycles. The molecule has 0 bridgehead atoms. The van der Waals surface area contributed by atoms with E-state index in [2.05, 4.69) is 10.6 Å². The smallest absolute Gasteiger partial charge is 0.253 e. The van der Waals surface area contributed by atoms with Gasteiger partial charge in [0.15, 0.2) is 5.11 Å². The fourth-order valence-electron chi connectivity index (χ4n) is 2.31. The van der Waals surface area contributed by atoms with E-state index in [4.69, 9.17) is 12.2 Å². The van der Waals surface area contributed by atoms with Gasteiger partial charge in [0.05, 0.1) is 11.3 Å². The molecule has 0 aliphatic heterocycles. The second-order valence-electron chi connectivity index (χ2n) is 7.25. The van der Waals surface area contributed by atoms with Crippen molar-refractivity contribution in [3.8, 4) is 0 Å². The summed E-state index contributed by atoms with van der Waals surface area (Å²) in [7, 11) is 1.73. The van der Waals surface area contributed by atoms with Crippen LogP contribution in [-0.4, -0.2) is 24.0 Å². The average molecular weight is 384 g/mol. The van der Waals surface area contributed by atoms with E-state index in [1.165, 1.54) is 0 Å². The predicted octanol–water partition coefficient (Wildman–Crippen LogP) is 3.50. The molecule has 0 unspecified atom stereocenters. The number of rotatable bonds is 4. The van der Waals surface area contributed by atoms with Crippen molar-refractivity contribution in [1.29, 1.82) is 0 Å². The van der Waals surface area contributed by atoms with Crippen LogP contribution in [0.5, 0.6) is 0 Å². The van der Waals surface area contributed by atoms with E-state index in [1.54, 1.807) is 30.1 Å². The minimum absolute atomic E-state index is 0.176. The Morgan fingerprint density at radius 2 is 1.59 bits per heavy atom. The van der Waals surface area contributed by atoms with E-state index < -0.39 is 5.41 Å². The van der Waals surface area contributed by atoms with Gasteiger partial charge in [-0.15, -0.1) is 0 Å². The summed E-state index contributed by atoms with van der Waals surface area (Å²) in [5.74, 6) is -0.378. The average Bonchev–Trinajstić information content (AvgIpc) is 2.65. The number of hydrogen-bond acceptors (Lipinski definition) is 3. The van der Waals surface area contributed by atoms with Gasteiger partial charge in [0.1, 0.15) is 0 Å². The number of benzene rings is 2. The molecule has 0 saturated heterocycles. The van der Waals surface area contributed by atoms with Crippen molar-refractivity contribution in [3.05, 3.63) is 65.7 Å². The quantitative estimate of drug-likeness (QED) is 0.794. The number of carbonyl (C=O) groups excluding carboxylic acids is 2. The van der Waals surface area contributed by atoms with Gasteiger partial charge in [-0.05, 0) is 29.9 Å². The monoisotopic (exact) mass is 383 g/mol. The molecule has 0 atom stereocenters. The standard InChI is InChI=1S/C21H25N3O2S/c1-21(2,3)19(26)23-20(27)24(4)17-13-9-8-12-16(17)18(25)22-14-15-10-6-5-7-11-15/h5-13H,14H2,1-4H3,(H,22,25)(H,23,26,27). The number of nitrogens with one attached hydrogen (secondary N) is 2. The molecule has 27 heavy (non-hydrogen) atoms. The minimum Gasteiger partial charge on any atom is -0.348 e. The number of anilines is 1. The van der Waals surface area contributed by atoms with Gasteiger partial charge in [-0.3, -0.25) is 9.59 Å². The van der Waals surface area contributed by atoms with Crippen LogP contribution in [0.15, 0.2) is 54.6 Å². The summed E-state index contributed by atoms with van der Waals surface area (Å²) in [5, 5.41) is 5.90. The normalized spacial score (nSPS) is 10.8. The summed E-state index contributed by atoms with van der Waals surface area (Å²) in [4.78, 5) is 26.5. The fourth-order valence-corrected chi connectivity index (χ4v) is 2.50. The first-order valence-electron chi connectivity index (χ1n) is 8.70. The van der Waals surface area contributed by atoms with Gasteiger partial charge < -0.3 is 15.5 Å². The van der Waals surface area contributed by atoms with E-state index in [9.17, 15) is 9.59 Å². The molecule has 0 saturated carbocycles. The van der Waals surface area contributed by atoms with Gasteiger partial charge in [0.2, 0.25) is 5.91 Å². The molecule has 2 aromatic carbocycles. The first-order chi connectivity index (χ1) is 12.7. The Bertz CT molecular complexity index is 829. The fraction of sp³-hybridized carbons (Fsp3) is 0.286. The molecule has 0 heterocycles. The largest absolute Gasteiger partial charge is 0.348 e. The van der Waals surface area contributed by atoms with Crippen molar-refractivity contribution in [1.82, 2.24) is 10.6 Å². The lowest BCUT2D eigenvalue weighted by molar-refractivity contribution is -0.126. The molecular formula is C21H25N3O2S. The van der Waals surface area contributed by atoms with Gasteiger partial charge >= 0.3 is 0 Å². The van der Waals surface area contributed by atoms with Crippen molar-refractivity contribution in [2.75, 3.05) is 11.9 Å². The number of hydrogen-bond donors (Lipinski definition) is 2. The summed E-state index contributed by atoms with van der Waals surface area (Å²) < 4.78 is 0. The van der Waals surface area contributed by atoms with Crippen molar-refractivity contribution in [2.45, 2.75) is 27.3 Å². The SMILES string of the molecule is CN(C(=S)NC(=O)C(C)(C)C)c1ccccc1C(=O)NCc1ccccc1. The molecule has 2 N–H and O–H groups in total. The topological polar surface area (TPSA) is 61.4 Å². The van der Waals surface area contributed by atoms with Crippen LogP contribution in [0.4, 0.5) is 5.69 Å². The first-order valence-corrected chi connectivity index (χ1v) is 9.11. The van der Waals surface area contributed by atoms with Crippen molar-refractivity contribution >= 4 is 34.8 Å². The van der Waals surface area contributed by atoms with Gasteiger partial charge in [-0.1, -0.05) is 63.2 Å². The van der Waals surface area contributed by atoms with Crippen molar-refractivity contribution in [3.63, 3.8) is 0 Å². The lowest BCUT2D eigenvalue weighted by Crippen LogP contribution is -2.45. The summed E-state index contributed by atoms with van der Waals surface area (Å²) in [6, 6.07) is 16.9. The lowest BCUT2D eigenvalue weighted by atomic mass is 9.96. The highest BCUT2D eigenvalue weighted by molar-refractivity contribution is 7.80. The summed E-state index contributed by atoms with van der Waals surface area (Å²) in [6.45, 7) is 5.88. The van der Waals surface area contributed by atoms with Crippen LogP contribution in [0.1, 0.15) is 36.7 Å². The van der Waals surface area contributed by atoms with Crippen molar-refractivity contribution in [2.24, 2.45) is 5.41 Å². The van der Waals surface area contributed by atoms with Crippen LogP contribution < -0.4 is 15.5 Å². The number of thiocarbonyl (C=S) groups is 1. The summed E-state index contributed by atoms with van der Waals surface area (Å²) in [6.07, 6.45) is 0. The lowest BCUT2D eigenvalue weighted by Gasteiger charge is -2.25. The number of amides is 2. The molecule has 0 aliphatic carbocycles. The second-order valence-corrected chi connectivity index (χ2v) is 7.64. The third kappa shape index (κ3) is 5.62. The number of para-hydroxylation sites is 1. The van der Waals surface area contributed by atoms with Crippen LogP contribution in [0, 0.1) is 5.41 Å². The molecule has 2 amide bonds. The van der Waals surface area contributed by atoms with Gasteiger partial charge in [0.25, 0.3) is 5.91 Å². The molecule has 2 rings (SSSR count). The van der Waals surface area contributed by atoms with Crippen LogP contribution in [0.3, 0.4) is 0 Å². The second kappa shape index (κ2) is 8.77. The third-order valence-corrected chi connectivity index (χ3v) is 4.39. The van der Waals surface area contributed by atoms with Gasteiger partial charge in [0, 0.05) is 19.0 Å². The van der Waals surface area contributed by atoms with Crippen LogP contribution in [0.2, 0.25) is 0 Å². The molecule has 6 heteroatoms. The molecule has 0 spiro atoms. The van der Waals surface area contributed by atoms with E-state index in [-0.39, 0.29) is 16.9 Å². The van der Waals surface area contributed by atoms with Gasteiger partial charge in [-0.2, -0.15) is 0 Å². The van der Waals surface area contributed by atoms with E-state index in [0.29, 0.717) is 17.8 Å². The van der Waals surface area contributed by atoms with Crippen LogP contribution in [0.25, 0.3) is 0 Å². The molecular weight excluding hydrogens is 358 g/mol. The highest BCUT2D eigenvalue weighted by atomic mass is 32.1. The van der Waals surface area contributed by atoms with Gasteiger partial charge in [-0.25, -0.2) is 0 Å². The van der Waals surface area contributed by atoms with Crippen molar-refractivity contribution < 1.29 is 9.59 Å². The third-order valence-electron chi connectivity index (χ3n) is 4.01. The zero-order valence-electron chi connectivity index (χ0n) is 16.1. The highest BCUT2D eigenvalue weighted by Gasteiger charge is 2.24. The first kappa shape index (κ1) is 20.6. The molecule has 142 valence electrons. The molecule has 0 fully saturated rings. The Morgan fingerprint density at radius 3 is 2.22 bits per heavy atom. The van der Waals surface area contributed by atoms with Crippen LogP contribution in [-0.2, 0) is 11.3 Å². The van der Waals surface area contributed by atoms with E-state index in [1.807, 2.05) is 57.2 Å². The summed E-state index contributed by atoms with van der Waals surface area (Å²) in [5.41, 5.74) is 1.58. The Kier molecular flexibility index (Phi) is 6.69. The maximum absolute atomic E-state index is 12.7. The summed E-state index contributed by atoms with van der Waals surface area (Å²) >= 11 is 5.35. The number of carbonyl (C=O) groups is 2. The molecule has 0 radical (unpaired) electrons. The van der Waals surface area contributed by atoms with E-state index >= 15 is 0 Å². The molecule has 0 aliphatic rings. The Balaban J connectivity index is 2.13. The highest BCUT2D eigenvalue weighted by Crippen LogP contribution is 2.20. The Morgan fingerprint density at radius 1 is 1.00 bits per heavy atom. The van der Waals surface area contributed by atoms with Crippen LogP contribution >= 0.6 is 12.2 Å². The predicted molar refractivity (Wildman–Crippen MR) is 113 cm³/mol. The maximum atomic E-state index is 12.7. The zero-order valence-corrected chi connectivity index (χ0v) is 16.9. The Labute approximate surface area is 165 Å². The number of nitrogens with zero attached hydrogens (tertiary/aromatic N) is 1. The Hall–Kier alpha value is -2.73. The molecule has 5 nitrogen and oxygen atoms in total.